The topological polar surface area (TPSA) is 43.6 Å². The molecule has 0 saturated heterocycles. The zero-order valence-corrected chi connectivity index (χ0v) is 15.5. The number of aromatic nitrogens is 1. The Morgan fingerprint density at radius 2 is 2.00 bits per heavy atom. The number of hydrogen-bond acceptors (Lipinski definition) is 3. The molecule has 1 heterocycles. The van der Waals surface area contributed by atoms with Crippen molar-refractivity contribution in [1.82, 2.24) is 4.57 Å². The molecule has 0 saturated carbocycles. The molecule has 0 aliphatic heterocycles. The number of methoxy groups -OCH3 is 1. The van der Waals surface area contributed by atoms with Gasteiger partial charge in [-0.3, -0.25) is 4.79 Å². The van der Waals surface area contributed by atoms with Crippen molar-refractivity contribution in [2.24, 2.45) is 4.99 Å². The summed E-state index contributed by atoms with van der Waals surface area (Å²) in [6.07, 6.45) is -4.51. The lowest BCUT2D eigenvalue weighted by molar-refractivity contribution is -0.137. The van der Waals surface area contributed by atoms with Gasteiger partial charge >= 0.3 is 6.18 Å². The molecule has 0 unspecified atom stereocenters. The van der Waals surface area contributed by atoms with Crippen LogP contribution < -0.4 is 4.80 Å². The molecule has 1 aromatic heterocycles. The van der Waals surface area contributed by atoms with E-state index in [1.165, 1.54) is 23.5 Å². The number of carbonyl (C=O) groups is 1. The first-order chi connectivity index (χ1) is 12.8. The number of nitrogens with zero attached hydrogens (tertiary/aromatic N) is 2. The SMILES string of the molecule is COCCn1c(=NC(=O)c2cccc(C(F)(F)F)c2)sc2cc(C)ccc21. The fourth-order valence-corrected chi connectivity index (χ4v) is 3.80. The van der Waals surface area contributed by atoms with Gasteiger partial charge in [0.15, 0.2) is 4.80 Å². The number of alkyl halides is 3. The van der Waals surface area contributed by atoms with E-state index in [0.29, 0.717) is 18.0 Å². The van der Waals surface area contributed by atoms with E-state index < -0.39 is 17.6 Å². The lowest BCUT2D eigenvalue weighted by Crippen LogP contribution is -2.19. The molecule has 2 aromatic carbocycles. The van der Waals surface area contributed by atoms with E-state index in [-0.39, 0.29) is 5.56 Å². The van der Waals surface area contributed by atoms with Crippen LogP contribution in [0.15, 0.2) is 47.5 Å². The van der Waals surface area contributed by atoms with E-state index in [0.717, 1.165) is 27.9 Å². The van der Waals surface area contributed by atoms with Crippen molar-refractivity contribution in [3.63, 3.8) is 0 Å². The minimum Gasteiger partial charge on any atom is -0.383 e. The summed E-state index contributed by atoms with van der Waals surface area (Å²) in [7, 11) is 1.57. The summed E-state index contributed by atoms with van der Waals surface area (Å²) < 4.78 is 46.5. The van der Waals surface area contributed by atoms with Crippen LogP contribution in [0.5, 0.6) is 0 Å². The summed E-state index contributed by atoms with van der Waals surface area (Å²) in [6.45, 7) is 2.86. The molecule has 0 aliphatic rings. The molecule has 0 atom stereocenters. The van der Waals surface area contributed by atoms with Gasteiger partial charge < -0.3 is 9.30 Å². The van der Waals surface area contributed by atoms with Crippen LogP contribution in [-0.2, 0) is 17.5 Å². The molecule has 3 aromatic rings. The van der Waals surface area contributed by atoms with Crippen molar-refractivity contribution in [3.8, 4) is 0 Å². The average molecular weight is 394 g/mol. The zero-order chi connectivity index (χ0) is 19.6. The molecule has 3 rings (SSSR count). The predicted molar refractivity (Wildman–Crippen MR) is 97.8 cm³/mol. The summed E-state index contributed by atoms with van der Waals surface area (Å²) >= 11 is 1.32. The third-order valence-electron chi connectivity index (χ3n) is 3.99. The molecule has 1 amide bonds. The van der Waals surface area contributed by atoms with Crippen LogP contribution in [-0.4, -0.2) is 24.2 Å². The number of rotatable bonds is 4. The molecular weight excluding hydrogens is 377 g/mol. The highest BCUT2D eigenvalue weighted by Gasteiger charge is 2.30. The molecule has 0 bridgehead atoms. The third-order valence-corrected chi connectivity index (χ3v) is 5.03. The monoisotopic (exact) mass is 394 g/mol. The van der Waals surface area contributed by atoms with E-state index in [1.54, 1.807) is 7.11 Å². The number of aryl methyl sites for hydroxylation is 1. The van der Waals surface area contributed by atoms with Crippen molar-refractivity contribution in [2.45, 2.75) is 19.6 Å². The van der Waals surface area contributed by atoms with Crippen molar-refractivity contribution < 1.29 is 22.7 Å². The van der Waals surface area contributed by atoms with Crippen LogP contribution in [0.2, 0.25) is 0 Å². The number of thiazole rings is 1. The van der Waals surface area contributed by atoms with Crippen molar-refractivity contribution >= 4 is 27.5 Å². The number of ether oxygens (including phenoxy) is 1. The third kappa shape index (κ3) is 4.28. The molecular formula is C19H17F3N2O2S. The molecule has 0 fully saturated rings. The lowest BCUT2D eigenvalue weighted by atomic mass is 10.1. The van der Waals surface area contributed by atoms with E-state index in [2.05, 4.69) is 4.99 Å². The summed E-state index contributed by atoms with van der Waals surface area (Å²) in [5.41, 5.74) is 0.996. The highest BCUT2D eigenvalue weighted by atomic mass is 32.1. The van der Waals surface area contributed by atoms with Crippen molar-refractivity contribution in [3.05, 3.63) is 64.0 Å². The lowest BCUT2D eigenvalue weighted by Gasteiger charge is -2.07. The van der Waals surface area contributed by atoms with Gasteiger partial charge in [-0.05, 0) is 42.8 Å². The van der Waals surface area contributed by atoms with E-state index in [4.69, 9.17) is 4.74 Å². The number of halogens is 3. The second kappa shape index (κ2) is 7.66. The van der Waals surface area contributed by atoms with Crippen molar-refractivity contribution in [2.75, 3.05) is 13.7 Å². The van der Waals surface area contributed by atoms with Gasteiger partial charge in [0.1, 0.15) is 0 Å². The van der Waals surface area contributed by atoms with E-state index >= 15 is 0 Å². The number of hydrogen-bond donors (Lipinski definition) is 0. The van der Waals surface area contributed by atoms with Crippen LogP contribution in [0.1, 0.15) is 21.5 Å². The Bertz CT molecular complexity index is 1050. The summed E-state index contributed by atoms with van der Waals surface area (Å²) in [4.78, 5) is 17.0. The van der Waals surface area contributed by atoms with Crippen LogP contribution in [0.25, 0.3) is 10.2 Å². The Hall–Kier alpha value is -2.45. The summed E-state index contributed by atoms with van der Waals surface area (Å²) in [5, 5.41) is 0. The quantitative estimate of drug-likeness (QED) is 0.658. The number of benzene rings is 2. The number of carbonyl (C=O) groups excluding carboxylic acids is 1. The summed E-state index contributed by atoms with van der Waals surface area (Å²) in [6, 6.07) is 10.2. The smallest absolute Gasteiger partial charge is 0.383 e. The summed E-state index contributed by atoms with van der Waals surface area (Å²) in [5.74, 6) is -0.712. The molecule has 27 heavy (non-hydrogen) atoms. The normalized spacial score (nSPS) is 12.7. The molecule has 0 N–H and O–H groups in total. The maximum absolute atomic E-state index is 12.9. The Balaban J connectivity index is 2.08. The molecule has 142 valence electrons. The van der Waals surface area contributed by atoms with Gasteiger partial charge in [0.2, 0.25) is 0 Å². The maximum Gasteiger partial charge on any atom is 0.416 e. The van der Waals surface area contributed by atoms with Gasteiger partial charge in [0.05, 0.1) is 22.4 Å². The molecule has 4 nitrogen and oxygen atoms in total. The minimum atomic E-state index is -4.51. The maximum atomic E-state index is 12.9. The molecule has 0 spiro atoms. The second-order valence-electron chi connectivity index (χ2n) is 6.00. The zero-order valence-electron chi connectivity index (χ0n) is 14.7. The van der Waals surface area contributed by atoms with E-state index in [1.807, 2.05) is 29.7 Å². The van der Waals surface area contributed by atoms with Gasteiger partial charge in [-0.15, -0.1) is 0 Å². The Kier molecular flexibility index (Phi) is 5.48. The van der Waals surface area contributed by atoms with Gasteiger partial charge in [0.25, 0.3) is 5.91 Å². The highest BCUT2D eigenvalue weighted by Crippen LogP contribution is 2.29. The minimum absolute atomic E-state index is 0.100. The van der Waals surface area contributed by atoms with Gasteiger partial charge in [-0.25, -0.2) is 0 Å². The molecule has 0 radical (unpaired) electrons. The van der Waals surface area contributed by atoms with Gasteiger partial charge in [-0.2, -0.15) is 18.2 Å². The van der Waals surface area contributed by atoms with Crippen LogP contribution in [0.3, 0.4) is 0 Å². The standard InChI is InChI=1S/C19H17F3N2O2S/c1-12-6-7-15-16(10-12)27-18(24(15)8-9-26-2)23-17(25)13-4-3-5-14(11-13)19(20,21)22/h3-7,10-11H,8-9H2,1-2H3. The van der Waals surface area contributed by atoms with Crippen LogP contribution in [0, 0.1) is 6.92 Å². The van der Waals surface area contributed by atoms with E-state index in [9.17, 15) is 18.0 Å². The first kappa shape index (κ1) is 19.3. The largest absolute Gasteiger partial charge is 0.416 e. The van der Waals surface area contributed by atoms with Gasteiger partial charge in [-0.1, -0.05) is 23.5 Å². The Morgan fingerprint density at radius 3 is 2.70 bits per heavy atom. The molecule has 0 aliphatic carbocycles. The second-order valence-corrected chi connectivity index (χ2v) is 7.00. The fourth-order valence-electron chi connectivity index (χ4n) is 2.64. The van der Waals surface area contributed by atoms with Crippen LogP contribution >= 0.6 is 11.3 Å². The fraction of sp³-hybridized carbons (Fsp3) is 0.263. The number of amides is 1. The predicted octanol–water partition coefficient (Wildman–Crippen LogP) is 4.42. The first-order valence-electron chi connectivity index (χ1n) is 8.15. The Morgan fingerprint density at radius 1 is 1.22 bits per heavy atom. The average Bonchev–Trinajstić information content (AvgIpc) is 2.95. The highest BCUT2D eigenvalue weighted by molar-refractivity contribution is 7.16. The number of fused-ring (bicyclic) bond motifs is 1. The Labute approximate surface area is 157 Å². The molecule has 8 heteroatoms. The van der Waals surface area contributed by atoms with Crippen molar-refractivity contribution in [1.29, 1.82) is 0 Å². The van der Waals surface area contributed by atoms with Crippen LogP contribution in [0.4, 0.5) is 13.2 Å². The first-order valence-corrected chi connectivity index (χ1v) is 8.96. The van der Waals surface area contributed by atoms with Gasteiger partial charge in [0, 0.05) is 19.2 Å².